The van der Waals surface area contributed by atoms with E-state index in [4.69, 9.17) is 9.72 Å². The smallest absolute Gasteiger partial charge is 0.125 e. The van der Waals surface area contributed by atoms with Crippen LogP contribution in [0.2, 0.25) is 0 Å². The standard InChI is InChI=1S/C17H28N2OS/c1-3-20-17(11-6-4-5-7-12-17)16-19-14-10-8-9-13(18-2)15(14)21-16/h13,18H,3-12H2,1-2H3. The maximum atomic E-state index is 6.31. The zero-order valence-electron chi connectivity index (χ0n) is 13.4. The highest BCUT2D eigenvalue weighted by molar-refractivity contribution is 7.12. The second-order valence-corrected chi connectivity index (χ2v) is 7.44. The molecule has 0 radical (unpaired) electrons. The van der Waals surface area contributed by atoms with Crippen LogP contribution in [0.25, 0.3) is 0 Å². The molecular formula is C17H28N2OS. The van der Waals surface area contributed by atoms with Gasteiger partial charge in [-0.25, -0.2) is 4.98 Å². The molecule has 0 saturated heterocycles. The fourth-order valence-corrected chi connectivity index (χ4v) is 5.34. The van der Waals surface area contributed by atoms with E-state index in [1.54, 1.807) is 0 Å². The summed E-state index contributed by atoms with van der Waals surface area (Å²) in [5.41, 5.74) is 1.25. The van der Waals surface area contributed by atoms with Crippen LogP contribution in [0.5, 0.6) is 0 Å². The zero-order valence-corrected chi connectivity index (χ0v) is 14.2. The van der Waals surface area contributed by atoms with Crippen molar-refractivity contribution in [3.05, 3.63) is 15.6 Å². The summed E-state index contributed by atoms with van der Waals surface area (Å²) in [7, 11) is 2.07. The number of nitrogens with zero attached hydrogens (tertiary/aromatic N) is 1. The van der Waals surface area contributed by atoms with Crippen molar-refractivity contribution in [3.8, 4) is 0 Å². The predicted octanol–water partition coefficient (Wildman–Crippen LogP) is 4.33. The van der Waals surface area contributed by atoms with Gasteiger partial charge in [-0.15, -0.1) is 11.3 Å². The Morgan fingerprint density at radius 1 is 1.24 bits per heavy atom. The molecule has 1 N–H and O–H groups in total. The molecule has 0 aromatic carbocycles. The summed E-state index contributed by atoms with van der Waals surface area (Å²) in [5.74, 6) is 0. The number of rotatable bonds is 4. The lowest BCUT2D eigenvalue weighted by Gasteiger charge is -2.30. The third kappa shape index (κ3) is 3.03. The summed E-state index contributed by atoms with van der Waals surface area (Å²) in [4.78, 5) is 6.53. The van der Waals surface area contributed by atoms with Crippen LogP contribution in [0.15, 0.2) is 0 Å². The molecule has 2 aliphatic rings. The van der Waals surface area contributed by atoms with Crippen LogP contribution >= 0.6 is 11.3 Å². The lowest BCUT2D eigenvalue weighted by molar-refractivity contribution is -0.0560. The first kappa shape index (κ1) is 15.4. The fraction of sp³-hybridized carbons (Fsp3) is 0.824. The largest absolute Gasteiger partial charge is 0.368 e. The molecule has 1 saturated carbocycles. The molecule has 4 heteroatoms. The van der Waals surface area contributed by atoms with Gasteiger partial charge in [0.1, 0.15) is 10.6 Å². The summed E-state index contributed by atoms with van der Waals surface area (Å²) < 4.78 is 6.31. The zero-order chi connectivity index (χ0) is 14.7. The molecule has 1 aromatic heterocycles. The highest BCUT2D eigenvalue weighted by Crippen LogP contribution is 2.44. The Labute approximate surface area is 132 Å². The van der Waals surface area contributed by atoms with Crippen LogP contribution in [0, 0.1) is 0 Å². The second kappa shape index (κ2) is 6.76. The molecule has 1 heterocycles. The van der Waals surface area contributed by atoms with Crippen LogP contribution in [0.1, 0.15) is 79.9 Å². The normalized spacial score (nSPS) is 25.3. The van der Waals surface area contributed by atoms with Crippen molar-refractivity contribution < 1.29 is 4.74 Å². The van der Waals surface area contributed by atoms with Gasteiger partial charge < -0.3 is 10.1 Å². The fourth-order valence-electron chi connectivity index (χ4n) is 3.89. The van der Waals surface area contributed by atoms with Gasteiger partial charge in [-0.2, -0.15) is 0 Å². The Morgan fingerprint density at radius 2 is 2.00 bits per heavy atom. The predicted molar refractivity (Wildman–Crippen MR) is 87.9 cm³/mol. The molecule has 1 aromatic rings. The third-order valence-corrected chi connectivity index (χ3v) is 6.42. The Kier molecular flexibility index (Phi) is 4.97. The molecule has 1 fully saturated rings. The summed E-state index contributed by atoms with van der Waals surface area (Å²) in [5, 5.41) is 4.73. The maximum Gasteiger partial charge on any atom is 0.125 e. The van der Waals surface area contributed by atoms with E-state index in [9.17, 15) is 0 Å². The molecule has 1 atom stereocenters. The molecule has 0 amide bonds. The number of nitrogens with one attached hydrogen (secondary N) is 1. The molecule has 0 bridgehead atoms. The van der Waals surface area contributed by atoms with Crippen molar-refractivity contribution in [1.82, 2.24) is 10.3 Å². The van der Waals surface area contributed by atoms with E-state index < -0.39 is 0 Å². The molecule has 21 heavy (non-hydrogen) atoms. The van der Waals surface area contributed by atoms with E-state index in [-0.39, 0.29) is 5.60 Å². The van der Waals surface area contributed by atoms with E-state index in [2.05, 4.69) is 19.3 Å². The van der Waals surface area contributed by atoms with Crippen LogP contribution in [-0.4, -0.2) is 18.6 Å². The average molecular weight is 308 g/mol. The minimum atomic E-state index is -0.0917. The number of aryl methyl sites for hydroxylation is 1. The second-order valence-electron chi connectivity index (χ2n) is 6.40. The monoisotopic (exact) mass is 308 g/mol. The van der Waals surface area contributed by atoms with Crippen LogP contribution < -0.4 is 5.32 Å². The van der Waals surface area contributed by atoms with Crippen molar-refractivity contribution >= 4 is 11.3 Å². The van der Waals surface area contributed by atoms with Gasteiger partial charge in [0.05, 0.1) is 5.69 Å². The average Bonchev–Trinajstić information content (AvgIpc) is 2.81. The highest BCUT2D eigenvalue weighted by atomic mass is 32.1. The summed E-state index contributed by atoms with van der Waals surface area (Å²) in [6, 6.07) is 0.504. The first-order valence-electron chi connectivity index (χ1n) is 8.60. The Hall–Kier alpha value is -0.450. The Balaban J connectivity index is 1.94. The van der Waals surface area contributed by atoms with E-state index in [0.29, 0.717) is 6.04 Å². The lowest BCUT2D eigenvalue weighted by Crippen LogP contribution is -2.29. The molecule has 118 valence electrons. The molecule has 3 nitrogen and oxygen atoms in total. The topological polar surface area (TPSA) is 34.1 Å². The van der Waals surface area contributed by atoms with Crippen molar-refractivity contribution in [3.63, 3.8) is 0 Å². The van der Waals surface area contributed by atoms with E-state index in [1.807, 2.05) is 11.3 Å². The van der Waals surface area contributed by atoms with Crippen molar-refractivity contribution in [2.24, 2.45) is 0 Å². The van der Waals surface area contributed by atoms with Gasteiger partial charge in [-0.3, -0.25) is 0 Å². The third-order valence-electron chi connectivity index (χ3n) is 5.02. The molecule has 2 aliphatic carbocycles. The van der Waals surface area contributed by atoms with Gasteiger partial charge in [0.2, 0.25) is 0 Å². The van der Waals surface area contributed by atoms with E-state index in [1.165, 1.54) is 54.1 Å². The minimum absolute atomic E-state index is 0.0917. The molecule has 3 rings (SSSR count). The lowest BCUT2D eigenvalue weighted by atomic mass is 9.94. The summed E-state index contributed by atoms with van der Waals surface area (Å²) >= 11 is 1.92. The Morgan fingerprint density at radius 3 is 2.67 bits per heavy atom. The van der Waals surface area contributed by atoms with Crippen molar-refractivity contribution in [2.75, 3.05) is 13.7 Å². The van der Waals surface area contributed by atoms with E-state index in [0.717, 1.165) is 25.9 Å². The number of thiazole rings is 1. The molecular weight excluding hydrogens is 280 g/mol. The first-order chi connectivity index (χ1) is 10.3. The van der Waals surface area contributed by atoms with Crippen LogP contribution in [0.4, 0.5) is 0 Å². The number of hydrogen-bond acceptors (Lipinski definition) is 4. The van der Waals surface area contributed by atoms with Gasteiger partial charge in [-0.1, -0.05) is 25.7 Å². The highest BCUT2D eigenvalue weighted by Gasteiger charge is 2.38. The van der Waals surface area contributed by atoms with E-state index >= 15 is 0 Å². The molecule has 1 unspecified atom stereocenters. The first-order valence-corrected chi connectivity index (χ1v) is 9.42. The maximum absolute atomic E-state index is 6.31. The number of ether oxygens (including phenoxy) is 1. The van der Waals surface area contributed by atoms with Gasteiger partial charge in [0, 0.05) is 17.5 Å². The Bertz CT molecular complexity index is 463. The number of hydrogen-bond donors (Lipinski definition) is 1. The summed E-state index contributed by atoms with van der Waals surface area (Å²) in [6.07, 6.45) is 11.2. The van der Waals surface area contributed by atoms with Crippen molar-refractivity contribution in [1.29, 1.82) is 0 Å². The summed E-state index contributed by atoms with van der Waals surface area (Å²) in [6.45, 7) is 2.91. The van der Waals surface area contributed by atoms with Gasteiger partial charge >= 0.3 is 0 Å². The van der Waals surface area contributed by atoms with Gasteiger partial charge in [0.15, 0.2) is 0 Å². The SMILES string of the molecule is CCOC1(c2nc3c(s2)C(NC)CCC3)CCCCCC1. The van der Waals surface area contributed by atoms with Crippen LogP contribution in [-0.2, 0) is 16.8 Å². The number of aromatic nitrogens is 1. The van der Waals surface area contributed by atoms with Gasteiger partial charge in [-0.05, 0) is 46.1 Å². The quantitative estimate of drug-likeness (QED) is 0.841. The van der Waals surface area contributed by atoms with Crippen LogP contribution in [0.3, 0.4) is 0 Å². The number of fused-ring (bicyclic) bond motifs is 1. The molecule has 0 aliphatic heterocycles. The molecule has 0 spiro atoms. The van der Waals surface area contributed by atoms with Crippen molar-refractivity contribution in [2.45, 2.75) is 76.4 Å². The minimum Gasteiger partial charge on any atom is -0.368 e. The van der Waals surface area contributed by atoms with Gasteiger partial charge in [0.25, 0.3) is 0 Å².